The van der Waals surface area contributed by atoms with Crippen LogP contribution in [0.1, 0.15) is 58.3 Å². The molecule has 0 N–H and O–H groups in total. The van der Waals surface area contributed by atoms with Gasteiger partial charge in [-0.2, -0.15) is 4.98 Å². The van der Waals surface area contributed by atoms with E-state index in [1.165, 1.54) is 0 Å². The molecule has 24 heavy (non-hydrogen) atoms. The summed E-state index contributed by atoms with van der Waals surface area (Å²) in [5, 5.41) is 4.14. The first-order valence-corrected chi connectivity index (χ1v) is 8.73. The summed E-state index contributed by atoms with van der Waals surface area (Å²) in [6.45, 7) is 10.4. The van der Waals surface area contributed by atoms with E-state index in [9.17, 15) is 0 Å². The van der Waals surface area contributed by atoms with Crippen LogP contribution in [-0.2, 0) is 5.41 Å². The topological polar surface area (TPSA) is 51.4 Å². The molecule has 2 heterocycles. The molecule has 0 aliphatic carbocycles. The minimum absolute atomic E-state index is 0.0853. The van der Waals surface area contributed by atoms with Crippen molar-refractivity contribution in [3.8, 4) is 5.75 Å². The first-order valence-electron chi connectivity index (χ1n) is 8.73. The van der Waals surface area contributed by atoms with Gasteiger partial charge in [0, 0.05) is 18.5 Å². The number of rotatable bonds is 4. The number of hydrogen-bond acceptors (Lipinski definition) is 5. The highest BCUT2D eigenvalue weighted by atomic mass is 16.5. The third-order valence-electron chi connectivity index (χ3n) is 4.54. The number of likely N-dealkylation sites (tertiary alicyclic amines) is 1. The van der Waals surface area contributed by atoms with E-state index >= 15 is 0 Å². The van der Waals surface area contributed by atoms with Crippen LogP contribution in [0.15, 0.2) is 34.9 Å². The van der Waals surface area contributed by atoms with E-state index in [4.69, 9.17) is 9.26 Å². The van der Waals surface area contributed by atoms with Crippen LogP contribution < -0.4 is 4.74 Å². The van der Waals surface area contributed by atoms with Crippen molar-refractivity contribution in [2.45, 2.75) is 58.1 Å². The molecule has 1 unspecified atom stereocenters. The van der Waals surface area contributed by atoms with E-state index in [1.54, 1.807) is 0 Å². The Balaban J connectivity index is 1.55. The lowest BCUT2D eigenvalue weighted by Gasteiger charge is -2.34. The summed E-state index contributed by atoms with van der Waals surface area (Å²) in [5.74, 6) is 2.43. The average Bonchev–Trinajstić information content (AvgIpc) is 3.06. The Morgan fingerprint density at radius 3 is 2.42 bits per heavy atom. The Morgan fingerprint density at radius 1 is 1.17 bits per heavy atom. The predicted octanol–water partition coefficient (Wildman–Crippen LogP) is 3.97. The van der Waals surface area contributed by atoms with Gasteiger partial charge in [0.2, 0.25) is 5.89 Å². The summed E-state index contributed by atoms with van der Waals surface area (Å²) in [5.41, 5.74) is -0.0853. The van der Waals surface area contributed by atoms with Gasteiger partial charge in [-0.3, -0.25) is 4.90 Å². The van der Waals surface area contributed by atoms with Crippen molar-refractivity contribution >= 4 is 0 Å². The van der Waals surface area contributed by atoms with Gasteiger partial charge in [0.15, 0.2) is 5.82 Å². The number of piperidine rings is 1. The second-order valence-electron chi connectivity index (χ2n) is 7.55. The molecule has 5 heteroatoms. The lowest BCUT2D eigenvalue weighted by molar-refractivity contribution is 0.0700. The summed E-state index contributed by atoms with van der Waals surface area (Å²) in [6.07, 6.45) is 2.31. The lowest BCUT2D eigenvalue weighted by atomic mass is 9.96. The zero-order valence-corrected chi connectivity index (χ0v) is 15.0. The number of nitrogens with zero attached hydrogens (tertiary/aromatic N) is 3. The maximum absolute atomic E-state index is 6.06. The Morgan fingerprint density at radius 2 is 1.83 bits per heavy atom. The van der Waals surface area contributed by atoms with Crippen molar-refractivity contribution in [3.63, 3.8) is 0 Å². The molecule has 1 aliphatic heterocycles. The summed E-state index contributed by atoms with van der Waals surface area (Å²) in [7, 11) is 0. The van der Waals surface area contributed by atoms with Crippen LogP contribution in [-0.4, -0.2) is 34.2 Å². The maximum atomic E-state index is 6.06. The van der Waals surface area contributed by atoms with Crippen molar-refractivity contribution in [1.29, 1.82) is 0 Å². The van der Waals surface area contributed by atoms with Crippen molar-refractivity contribution in [3.05, 3.63) is 42.0 Å². The van der Waals surface area contributed by atoms with Gasteiger partial charge >= 0.3 is 0 Å². The van der Waals surface area contributed by atoms with E-state index < -0.39 is 0 Å². The molecule has 0 spiro atoms. The second-order valence-corrected chi connectivity index (χ2v) is 7.55. The molecule has 1 aliphatic rings. The van der Waals surface area contributed by atoms with Crippen LogP contribution >= 0.6 is 0 Å². The molecule has 5 nitrogen and oxygen atoms in total. The van der Waals surface area contributed by atoms with E-state index in [0.29, 0.717) is 5.89 Å². The predicted molar refractivity (Wildman–Crippen MR) is 93.1 cm³/mol. The highest BCUT2D eigenvalue weighted by Crippen LogP contribution is 2.27. The highest BCUT2D eigenvalue weighted by molar-refractivity contribution is 5.21. The molecule has 1 aromatic heterocycles. The quantitative estimate of drug-likeness (QED) is 0.849. The Hall–Kier alpha value is -1.88. The van der Waals surface area contributed by atoms with Gasteiger partial charge in [0.1, 0.15) is 11.9 Å². The molecule has 0 saturated carbocycles. The van der Waals surface area contributed by atoms with Gasteiger partial charge < -0.3 is 9.26 Å². The molecule has 130 valence electrons. The summed E-state index contributed by atoms with van der Waals surface area (Å²) in [6, 6.07) is 10.2. The Kier molecular flexibility index (Phi) is 4.90. The largest absolute Gasteiger partial charge is 0.490 e. The number of aromatic nitrogens is 2. The van der Waals surface area contributed by atoms with E-state index in [0.717, 1.165) is 37.5 Å². The maximum Gasteiger partial charge on any atom is 0.243 e. The third-order valence-corrected chi connectivity index (χ3v) is 4.54. The van der Waals surface area contributed by atoms with E-state index in [1.807, 2.05) is 30.3 Å². The molecular formula is C19H27N3O2. The number of benzene rings is 1. The zero-order valence-electron chi connectivity index (χ0n) is 15.0. The molecule has 0 bridgehead atoms. The van der Waals surface area contributed by atoms with Crippen LogP contribution in [0.2, 0.25) is 0 Å². The van der Waals surface area contributed by atoms with Crippen molar-refractivity contribution in [1.82, 2.24) is 15.0 Å². The Bertz CT molecular complexity index is 640. The molecular weight excluding hydrogens is 302 g/mol. The van der Waals surface area contributed by atoms with Crippen LogP contribution in [0.5, 0.6) is 5.75 Å². The summed E-state index contributed by atoms with van der Waals surface area (Å²) in [4.78, 5) is 6.99. The second kappa shape index (κ2) is 6.93. The van der Waals surface area contributed by atoms with E-state index in [-0.39, 0.29) is 17.6 Å². The fraction of sp³-hybridized carbons (Fsp3) is 0.579. The van der Waals surface area contributed by atoms with Gasteiger partial charge in [0.05, 0.1) is 6.04 Å². The zero-order chi connectivity index (χ0) is 17.2. The van der Waals surface area contributed by atoms with Crippen LogP contribution in [0, 0.1) is 0 Å². The first-order chi connectivity index (χ1) is 11.4. The number of hydrogen-bond donors (Lipinski definition) is 0. The van der Waals surface area contributed by atoms with Crippen molar-refractivity contribution in [2.24, 2.45) is 0 Å². The van der Waals surface area contributed by atoms with Gasteiger partial charge in [-0.15, -0.1) is 0 Å². The molecule has 1 saturated heterocycles. The van der Waals surface area contributed by atoms with Crippen LogP contribution in [0.4, 0.5) is 0 Å². The molecule has 1 fully saturated rings. The molecule has 0 amide bonds. The van der Waals surface area contributed by atoms with Gasteiger partial charge in [-0.25, -0.2) is 0 Å². The fourth-order valence-electron chi connectivity index (χ4n) is 2.94. The summed E-state index contributed by atoms with van der Waals surface area (Å²) >= 11 is 0. The van der Waals surface area contributed by atoms with Crippen molar-refractivity contribution < 1.29 is 9.26 Å². The first kappa shape index (κ1) is 17.0. The molecule has 1 aromatic carbocycles. The van der Waals surface area contributed by atoms with Crippen LogP contribution in [0.25, 0.3) is 0 Å². The molecule has 0 radical (unpaired) electrons. The minimum atomic E-state index is -0.0853. The highest BCUT2D eigenvalue weighted by Gasteiger charge is 2.29. The van der Waals surface area contributed by atoms with Gasteiger partial charge in [0.25, 0.3) is 0 Å². The Labute approximate surface area is 144 Å². The monoisotopic (exact) mass is 329 g/mol. The summed E-state index contributed by atoms with van der Waals surface area (Å²) < 4.78 is 11.6. The van der Waals surface area contributed by atoms with Crippen LogP contribution in [0.3, 0.4) is 0 Å². The SMILES string of the molecule is CC(c1nc(C(C)(C)C)no1)N1CCC(Oc2ccccc2)CC1. The lowest BCUT2D eigenvalue weighted by Crippen LogP contribution is -2.39. The molecule has 1 atom stereocenters. The van der Waals surface area contributed by atoms with Gasteiger partial charge in [-0.1, -0.05) is 44.1 Å². The standard InChI is InChI=1S/C19H27N3O2/c1-14(17-20-18(21-24-17)19(2,3)4)22-12-10-16(11-13-22)23-15-8-6-5-7-9-15/h5-9,14,16H,10-13H2,1-4H3. The smallest absolute Gasteiger partial charge is 0.243 e. The van der Waals surface area contributed by atoms with E-state index in [2.05, 4.69) is 42.7 Å². The number of para-hydroxylation sites is 1. The van der Waals surface area contributed by atoms with Gasteiger partial charge in [-0.05, 0) is 31.9 Å². The molecule has 3 rings (SSSR count). The third kappa shape index (κ3) is 3.96. The normalized spacial score (nSPS) is 18.5. The number of ether oxygens (including phenoxy) is 1. The molecule has 2 aromatic rings. The fourth-order valence-corrected chi connectivity index (χ4v) is 2.94. The average molecular weight is 329 g/mol. The minimum Gasteiger partial charge on any atom is -0.490 e. The van der Waals surface area contributed by atoms with Crippen molar-refractivity contribution in [2.75, 3.05) is 13.1 Å².